The molecule has 150 valence electrons. The molecule has 0 bridgehead atoms. The molecule has 0 atom stereocenters. The molecule has 8 heteroatoms. The lowest BCUT2D eigenvalue weighted by Crippen LogP contribution is -2.29. The van der Waals surface area contributed by atoms with Crippen LogP contribution in [0.2, 0.25) is 0 Å². The van der Waals surface area contributed by atoms with E-state index in [-0.39, 0.29) is 6.16 Å². The van der Waals surface area contributed by atoms with Gasteiger partial charge >= 0.3 is 7.60 Å². The number of benzene rings is 1. The number of aryl methyl sites for hydroxylation is 1. The number of methoxy groups -OCH3 is 1. The molecule has 0 aliphatic heterocycles. The fraction of sp³-hybridized carbons (Fsp3) is 0.400. The van der Waals surface area contributed by atoms with E-state index in [1.165, 1.54) is 17.7 Å². The highest BCUT2D eigenvalue weighted by molar-refractivity contribution is 7.51. The Kier molecular flexibility index (Phi) is 5.92. The first-order chi connectivity index (χ1) is 13.2. The van der Waals surface area contributed by atoms with Crippen LogP contribution in [0.15, 0.2) is 30.6 Å². The van der Waals surface area contributed by atoms with Crippen LogP contribution in [0.1, 0.15) is 37.8 Å². The monoisotopic (exact) mass is 420 g/mol. The first-order valence-electron chi connectivity index (χ1n) is 9.18. The zero-order valence-corrected chi connectivity index (χ0v) is 18.2. The third-order valence-corrected chi connectivity index (χ3v) is 7.52. The van der Waals surface area contributed by atoms with Gasteiger partial charge in [-0.15, -0.1) is 11.3 Å². The molecule has 0 amide bonds. The van der Waals surface area contributed by atoms with Crippen molar-refractivity contribution in [2.24, 2.45) is 0 Å². The highest BCUT2D eigenvalue weighted by Crippen LogP contribution is 2.54. The van der Waals surface area contributed by atoms with Crippen molar-refractivity contribution in [1.29, 1.82) is 0 Å². The largest absolute Gasteiger partial charge is 0.480 e. The van der Waals surface area contributed by atoms with Crippen LogP contribution in [-0.4, -0.2) is 33.0 Å². The highest BCUT2D eigenvalue weighted by atomic mass is 32.1. The lowest BCUT2D eigenvalue weighted by atomic mass is 9.75. The van der Waals surface area contributed by atoms with E-state index in [0.29, 0.717) is 18.7 Å². The first-order valence-corrected chi connectivity index (χ1v) is 11.8. The predicted molar refractivity (Wildman–Crippen MR) is 113 cm³/mol. The molecule has 3 rings (SSSR count). The molecule has 0 unspecified atom stereocenters. The molecule has 0 aliphatic carbocycles. The SMILES string of the molecule is CCC(CC)(CP(=O)(O)O)c1c(-c2ccc(C)cc2)sc2ncnc(OC)c12. The van der Waals surface area contributed by atoms with E-state index in [2.05, 4.69) is 9.97 Å². The quantitative estimate of drug-likeness (QED) is 0.528. The van der Waals surface area contributed by atoms with Gasteiger partial charge in [-0.25, -0.2) is 9.97 Å². The Hall–Kier alpha value is -1.79. The van der Waals surface area contributed by atoms with Crippen LogP contribution < -0.4 is 4.74 Å². The molecule has 3 aromatic rings. The van der Waals surface area contributed by atoms with Crippen molar-refractivity contribution in [3.8, 4) is 16.3 Å². The zero-order valence-electron chi connectivity index (χ0n) is 16.5. The highest BCUT2D eigenvalue weighted by Gasteiger charge is 2.41. The van der Waals surface area contributed by atoms with Crippen LogP contribution in [0.5, 0.6) is 5.88 Å². The molecule has 0 fully saturated rings. The topological polar surface area (TPSA) is 92.5 Å². The second-order valence-corrected chi connectivity index (χ2v) is 9.69. The second-order valence-electron chi connectivity index (χ2n) is 7.05. The molecule has 0 saturated heterocycles. The van der Waals surface area contributed by atoms with Gasteiger partial charge in [0.2, 0.25) is 5.88 Å². The number of aromatic nitrogens is 2. The number of nitrogens with zero attached hydrogens (tertiary/aromatic N) is 2. The summed E-state index contributed by atoms with van der Waals surface area (Å²) in [5.41, 5.74) is 2.32. The molecular weight excluding hydrogens is 395 g/mol. The minimum atomic E-state index is -4.26. The van der Waals surface area contributed by atoms with Crippen LogP contribution in [0.3, 0.4) is 0 Å². The maximum absolute atomic E-state index is 12.1. The van der Waals surface area contributed by atoms with Crippen molar-refractivity contribution in [3.05, 3.63) is 41.7 Å². The summed E-state index contributed by atoms with van der Waals surface area (Å²) in [6, 6.07) is 8.15. The molecule has 2 aromatic heterocycles. The van der Waals surface area contributed by atoms with Crippen molar-refractivity contribution in [3.63, 3.8) is 0 Å². The van der Waals surface area contributed by atoms with Gasteiger partial charge in [-0.05, 0) is 30.9 Å². The van der Waals surface area contributed by atoms with Crippen LogP contribution in [0.25, 0.3) is 20.7 Å². The summed E-state index contributed by atoms with van der Waals surface area (Å²) in [7, 11) is -2.71. The number of hydrogen-bond donors (Lipinski definition) is 2. The zero-order chi connectivity index (χ0) is 20.5. The van der Waals surface area contributed by atoms with Gasteiger partial charge in [0.25, 0.3) is 0 Å². The molecule has 0 radical (unpaired) electrons. The Bertz CT molecular complexity index is 1020. The molecule has 6 nitrogen and oxygen atoms in total. The Morgan fingerprint density at radius 1 is 1.14 bits per heavy atom. The van der Waals surface area contributed by atoms with Crippen molar-refractivity contribution in [2.75, 3.05) is 13.3 Å². The third-order valence-electron chi connectivity index (χ3n) is 5.35. The van der Waals surface area contributed by atoms with E-state index in [0.717, 1.165) is 31.8 Å². The molecule has 0 aliphatic rings. The molecule has 2 heterocycles. The van der Waals surface area contributed by atoms with Crippen molar-refractivity contribution in [2.45, 2.75) is 39.0 Å². The van der Waals surface area contributed by atoms with Crippen LogP contribution in [0, 0.1) is 6.92 Å². The number of thiophene rings is 1. The Morgan fingerprint density at radius 3 is 2.32 bits per heavy atom. The first kappa shape index (κ1) is 20.9. The number of rotatable bonds is 7. The smallest absolute Gasteiger partial charge is 0.326 e. The van der Waals surface area contributed by atoms with E-state index in [4.69, 9.17) is 4.74 Å². The summed E-state index contributed by atoms with van der Waals surface area (Å²) in [5.74, 6) is 0.437. The van der Waals surface area contributed by atoms with Crippen molar-refractivity contribution in [1.82, 2.24) is 9.97 Å². The summed E-state index contributed by atoms with van der Waals surface area (Å²) in [6.07, 6.45) is 2.40. The fourth-order valence-electron chi connectivity index (χ4n) is 3.78. The maximum atomic E-state index is 12.1. The van der Waals surface area contributed by atoms with Gasteiger partial charge in [-0.2, -0.15) is 0 Å². The van der Waals surface area contributed by atoms with Crippen LogP contribution in [0.4, 0.5) is 0 Å². The predicted octanol–water partition coefficient (Wildman–Crippen LogP) is 4.91. The molecule has 28 heavy (non-hydrogen) atoms. The Balaban J connectivity index is 2.41. The Morgan fingerprint density at radius 2 is 1.79 bits per heavy atom. The van der Waals surface area contributed by atoms with E-state index in [1.54, 1.807) is 7.11 Å². The standard InChI is InChI=1S/C20H25N2O4PS/c1-5-20(6-2,11-27(23,24)25)16-15-18(26-4)21-12-22-19(15)28-17(16)14-9-7-13(3)8-10-14/h7-10,12H,5-6,11H2,1-4H3,(H2,23,24,25). The second kappa shape index (κ2) is 7.91. The van der Waals surface area contributed by atoms with Gasteiger partial charge in [-0.1, -0.05) is 43.7 Å². The van der Waals surface area contributed by atoms with Gasteiger partial charge in [0.05, 0.1) is 18.7 Å². The van der Waals surface area contributed by atoms with Gasteiger partial charge in [0, 0.05) is 10.3 Å². The van der Waals surface area contributed by atoms with E-state index >= 15 is 0 Å². The summed E-state index contributed by atoms with van der Waals surface area (Å²) >= 11 is 1.51. The molecule has 1 aromatic carbocycles. The number of ether oxygens (including phenoxy) is 1. The minimum Gasteiger partial charge on any atom is -0.480 e. The lowest BCUT2D eigenvalue weighted by molar-refractivity contribution is 0.341. The van der Waals surface area contributed by atoms with Crippen molar-refractivity contribution >= 4 is 29.1 Å². The normalized spacial score (nSPS) is 12.5. The molecule has 0 spiro atoms. The maximum Gasteiger partial charge on any atom is 0.326 e. The van der Waals surface area contributed by atoms with Crippen LogP contribution >= 0.6 is 18.9 Å². The summed E-state index contributed by atoms with van der Waals surface area (Å²) in [6.45, 7) is 5.97. The molecular formula is C20H25N2O4PS. The fourth-order valence-corrected chi connectivity index (χ4v) is 6.43. The molecule has 0 saturated carbocycles. The summed E-state index contributed by atoms with van der Waals surface area (Å²) in [5, 5.41) is 0.753. The van der Waals surface area contributed by atoms with Gasteiger partial charge in [0.15, 0.2) is 0 Å². The Labute approximate surface area is 168 Å². The number of fused-ring (bicyclic) bond motifs is 1. The van der Waals surface area contributed by atoms with E-state index in [1.807, 2.05) is 45.0 Å². The van der Waals surface area contributed by atoms with Gasteiger partial charge in [-0.3, -0.25) is 4.57 Å². The molecule has 2 N–H and O–H groups in total. The van der Waals surface area contributed by atoms with E-state index in [9.17, 15) is 14.4 Å². The average molecular weight is 420 g/mol. The minimum absolute atomic E-state index is 0.226. The number of hydrogen-bond acceptors (Lipinski definition) is 5. The third kappa shape index (κ3) is 3.85. The summed E-state index contributed by atoms with van der Waals surface area (Å²) < 4.78 is 17.6. The average Bonchev–Trinajstić information content (AvgIpc) is 3.06. The van der Waals surface area contributed by atoms with E-state index < -0.39 is 13.0 Å². The lowest BCUT2D eigenvalue weighted by Gasteiger charge is -2.33. The summed E-state index contributed by atoms with van der Waals surface area (Å²) in [4.78, 5) is 30.1. The van der Waals surface area contributed by atoms with Gasteiger partial charge < -0.3 is 14.5 Å². The van der Waals surface area contributed by atoms with Gasteiger partial charge in [0.1, 0.15) is 11.2 Å². The van der Waals surface area contributed by atoms with Crippen molar-refractivity contribution < 1.29 is 19.1 Å². The van der Waals surface area contributed by atoms with Crippen LogP contribution in [-0.2, 0) is 9.98 Å².